The van der Waals surface area contributed by atoms with Gasteiger partial charge in [0.15, 0.2) is 0 Å². The van der Waals surface area contributed by atoms with E-state index in [4.69, 9.17) is 0 Å². The zero-order valence-corrected chi connectivity index (χ0v) is 12.8. The average Bonchev–Trinajstić information content (AvgIpc) is 3.16. The van der Waals surface area contributed by atoms with Crippen LogP contribution in [-0.4, -0.2) is 39.0 Å². The van der Waals surface area contributed by atoms with Gasteiger partial charge in [-0.3, -0.25) is 0 Å². The third-order valence-electron chi connectivity index (χ3n) is 3.21. The molecule has 3 aromatic rings. The van der Waals surface area contributed by atoms with Gasteiger partial charge in [-0.2, -0.15) is 28.2 Å². The Hall–Kier alpha value is -2.91. The normalized spacial score (nSPS) is 11.7. The van der Waals surface area contributed by atoms with E-state index in [1.807, 2.05) is 19.0 Å². The smallest absolute Gasteiger partial charge is 0.347 e. The third-order valence-corrected chi connectivity index (χ3v) is 3.21. The maximum atomic E-state index is 12.5. The molecular formula is C14H13F3N6O. The summed E-state index contributed by atoms with van der Waals surface area (Å²) in [5.74, 6) is -0.768. The van der Waals surface area contributed by atoms with Gasteiger partial charge in [0.25, 0.3) is 0 Å². The highest BCUT2D eigenvalue weighted by molar-refractivity contribution is 5.54. The summed E-state index contributed by atoms with van der Waals surface area (Å²) in [6, 6.07) is 6.79. The summed E-state index contributed by atoms with van der Waals surface area (Å²) in [6.07, 6.45) is -3.19. The molecule has 0 bridgehead atoms. The minimum absolute atomic E-state index is 0.108. The predicted molar refractivity (Wildman–Crippen MR) is 78.2 cm³/mol. The van der Waals surface area contributed by atoms with Crippen LogP contribution in [0, 0.1) is 0 Å². The first-order chi connectivity index (χ1) is 11.3. The van der Waals surface area contributed by atoms with Gasteiger partial charge in [-0.1, -0.05) is 29.4 Å². The Morgan fingerprint density at radius 2 is 1.88 bits per heavy atom. The number of hydrogen-bond donors (Lipinski definition) is 0. The van der Waals surface area contributed by atoms with Crippen LogP contribution in [0.25, 0.3) is 11.4 Å². The van der Waals surface area contributed by atoms with Crippen molar-refractivity contribution in [2.75, 3.05) is 19.0 Å². The van der Waals surface area contributed by atoms with Gasteiger partial charge in [0, 0.05) is 19.7 Å². The highest BCUT2D eigenvalue weighted by Crippen LogP contribution is 2.29. The lowest BCUT2D eigenvalue weighted by molar-refractivity contribution is -0.159. The zero-order valence-electron chi connectivity index (χ0n) is 12.8. The Morgan fingerprint density at radius 1 is 1.17 bits per heavy atom. The van der Waals surface area contributed by atoms with Crippen molar-refractivity contribution in [3.8, 4) is 11.4 Å². The molecular weight excluding hydrogens is 325 g/mol. The summed E-state index contributed by atoms with van der Waals surface area (Å²) in [5.41, 5.74) is 1.34. The zero-order chi connectivity index (χ0) is 17.3. The van der Waals surface area contributed by atoms with Crippen molar-refractivity contribution in [3.63, 3.8) is 0 Å². The standard InChI is InChI=1S/C14H13F3N6O/c1-22(2)13-18-8-19-23(13)7-9-3-5-10(6-4-9)11-20-12(24-21-11)14(15,16)17/h3-6,8H,7H2,1-2H3. The lowest BCUT2D eigenvalue weighted by atomic mass is 10.1. The van der Waals surface area contributed by atoms with Crippen molar-refractivity contribution in [1.29, 1.82) is 0 Å². The summed E-state index contributed by atoms with van der Waals surface area (Å²) in [5, 5.41) is 7.50. The van der Waals surface area contributed by atoms with Gasteiger partial charge in [-0.25, -0.2) is 4.68 Å². The molecule has 126 valence electrons. The molecule has 0 spiro atoms. The molecule has 24 heavy (non-hydrogen) atoms. The molecule has 7 nitrogen and oxygen atoms in total. The Kier molecular flexibility index (Phi) is 3.96. The van der Waals surface area contributed by atoms with Crippen molar-refractivity contribution in [2.24, 2.45) is 0 Å². The third kappa shape index (κ3) is 3.21. The van der Waals surface area contributed by atoms with Crippen molar-refractivity contribution < 1.29 is 17.7 Å². The van der Waals surface area contributed by atoms with Crippen molar-refractivity contribution >= 4 is 5.95 Å². The van der Waals surface area contributed by atoms with Gasteiger partial charge in [0.2, 0.25) is 11.8 Å². The number of aromatic nitrogens is 5. The fourth-order valence-electron chi connectivity index (χ4n) is 2.10. The van der Waals surface area contributed by atoms with E-state index in [2.05, 4.69) is 24.7 Å². The molecule has 10 heteroatoms. The van der Waals surface area contributed by atoms with Gasteiger partial charge in [0.1, 0.15) is 6.33 Å². The molecule has 3 rings (SSSR count). The Balaban J connectivity index is 1.78. The van der Waals surface area contributed by atoms with Crippen molar-refractivity contribution in [1.82, 2.24) is 24.9 Å². The number of benzene rings is 1. The second-order valence-electron chi connectivity index (χ2n) is 5.23. The van der Waals surface area contributed by atoms with Crippen LogP contribution in [0.1, 0.15) is 11.5 Å². The Labute approximate surface area is 134 Å². The summed E-state index contributed by atoms with van der Waals surface area (Å²) in [6.45, 7) is 0.480. The molecule has 2 aromatic heterocycles. The van der Waals surface area contributed by atoms with Crippen LogP contribution in [0.4, 0.5) is 19.1 Å². The van der Waals surface area contributed by atoms with Crippen LogP contribution in [0.3, 0.4) is 0 Å². The number of anilines is 1. The van der Waals surface area contributed by atoms with Crippen LogP contribution >= 0.6 is 0 Å². The highest BCUT2D eigenvalue weighted by atomic mass is 19.4. The van der Waals surface area contributed by atoms with Gasteiger partial charge in [0.05, 0.1) is 6.54 Å². The molecule has 2 heterocycles. The van der Waals surface area contributed by atoms with Gasteiger partial charge in [-0.15, -0.1) is 0 Å². The van der Waals surface area contributed by atoms with E-state index in [-0.39, 0.29) is 5.82 Å². The van der Waals surface area contributed by atoms with E-state index in [0.29, 0.717) is 18.1 Å². The molecule has 0 saturated heterocycles. The lowest BCUT2D eigenvalue weighted by Gasteiger charge is -2.12. The second kappa shape index (κ2) is 5.95. The van der Waals surface area contributed by atoms with Crippen molar-refractivity contribution in [3.05, 3.63) is 42.0 Å². The van der Waals surface area contributed by atoms with Crippen LogP contribution < -0.4 is 4.90 Å². The summed E-state index contributed by atoms with van der Waals surface area (Å²) in [4.78, 5) is 9.33. The van der Waals surface area contributed by atoms with E-state index in [1.165, 1.54) is 6.33 Å². The minimum atomic E-state index is -4.65. The highest BCUT2D eigenvalue weighted by Gasteiger charge is 2.38. The SMILES string of the molecule is CN(C)c1ncnn1Cc1ccc(-c2noc(C(F)(F)F)n2)cc1. The lowest BCUT2D eigenvalue weighted by Crippen LogP contribution is -2.16. The Morgan fingerprint density at radius 3 is 2.46 bits per heavy atom. The summed E-state index contributed by atoms with van der Waals surface area (Å²) >= 11 is 0. The molecule has 1 aromatic carbocycles. The van der Waals surface area contributed by atoms with Crippen LogP contribution in [0.15, 0.2) is 35.1 Å². The number of nitrogens with zero attached hydrogens (tertiary/aromatic N) is 6. The summed E-state index contributed by atoms with van der Waals surface area (Å²) in [7, 11) is 3.72. The van der Waals surface area contributed by atoms with E-state index in [0.717, 1.165) is 5.56 Å². The molecule has 0 fully saturated rings. The maximum absolute atomic E-state index is 12.5. The summed E-state index contributed by atoms with van der Waals surface area (Å²) < 4.78 is 43.4. The first kappa shape index (κ1) is 16.0. The predicted octanol–water partition coefficient (Wildman–Crippen LogP) is 2.46. The molecule has 0 saturated carbocycles. The molecule has 0 amide bonds. The molecule has 0 unspecified atom stereocenters. The molecule has 0 aliphatic rings. The average molecular weight is 338 g/mol. The fourth-order valence-corrected chi connectivity index (χ4v) is 2.10. The van der Waals surface area contributed by atoms with E-state index >= 15 is 0 Å². The monoisotopic (exact) mass is 338 g/mol. The molecule has 0 N–H and O–H groups in total. The minimum Gasteiger partial charge on any atom is -0.347 e. The first-order valence-electron chi connectivity index (χ1n) is 6.90. The molecule has 0 atom stereocenters. The molecule has 0 radical (unpaired) electrons. The Bertz CT molecular complexity index is 822. The van der Waals surface area contributed by atoms with Gasteiger partial charge >= 0.3 is 12.1 Å². The molecule has 0 aliphatic carbocycles. The second-order valence-corrected chi connectivity index (χ2v) is 5.23. The topological polar surface area (TPSA) is 72.9 Å². The van der Waals surface area contributed by atoms with Gasteiger partial charge in [-0.05, 0) is 5.56 Å². The largest absolute Gasteiger partial charge is 0.471 e. The van der Waals surface area contributed by atoms with Crippen molar-refractivity contribution in [2.45, 2.75) is 12.7 Å². The fraction of sp³-hybridized carbons (Fsp3) is 0.286. The number of rotatable bonds is 4. The number of hydrogen-bond acceptors (Lipinski definition) is 6. The maximum Gasteiger partial charge on any atom is 0.471 e. The van der Waals surface area contributed by atoms with E-state index < -0.39 is 12.1 Å². The van der Waals surface area contributed by atoms with Gasteiger partial charge < -0.3 is 9.42 Å². The van der Waals surface area contributed by atoms with E-state index in [9.17, 15) is 13.2 Å². The quantitative estimate of drug-likeness (QED) is 0.728. The molecule has 0 aliphatic heterocycles. The van der Waals surface area contributed by atoms with Crippen LogP contribution in [-0.2, 0) is 12.7 Å². The first-order valence-corrected chi connectivity index (χ1v) is 6.90. The number of alkyl halides is 3. The van der Waals surface area contributed by atoms with Crippen LogP contribution in [0.2, 0.25) is 0 Å². The van der Waals surface area contributed by atoms with Crippen LogP contribution in [0.5, 0.6) is 0 Å². The number of halogens is 3. The van der Waals surface area contributed by atoms with E-state index in [1.54, 1.807) is 28.9 Å².